The van der Waals surface area contributed by atoms with E-state index in [1.165, 1.54) is 0 Å². The topological polar surface area (TPSA) is 132 Å². The minimum atomic E-state index is -1.32. The minimum absolute atomic E-state index is 0.0758. The molecule has 10 nitrogen and oxygen atoms in total. The zero-order valence-corrected chi connectivity index (χ0v) is 25.5. The summed E-state index contributed by atoms with van der Waals surface area (Å²) in [4.78, 5) is 39.9. The van der Waals surface area contributed by atoms with Gasteiger partial charge in [-0.3, -0.25) is 9.59 Å². The lowest BCUT2D eigenvalue weighted by Crippen LogP contribution is -2.70. The first-order chi connectivity index (χ1) is 21.8. The Morgan fingerprint density at radius 3 is 2.04 bits per heavy atom. The van der Waals surface area contributed by atoms with Gasteiger partial charge < -0.3 is 25.2 Å². The van der Waals surface area contributed by atoms with Gasteiger partial charge in [0.1, 0.15) is 17.0 Å². The van der Waals surface area contributed by atoms with Crippen molar-refractivity contribution in [2.75, 3.05) is 21.3 Å². The molecule has 0 radical (unpaired) electrons. The molecular weight excluding hydrogens is 572 g/mol. The fraction of sp³-hybridized carbons (Fsp3) is 0.371. The molecule has 4 fully saturated rings. The molecule has 4 aliphatic rings. The number of carboxylic acid groups (broad SMARTS) is 1. The van der Waals surface area contributed by atoms with E-state index in [0.29, 0.717) is 51.2 Å². The van der Waals surface area contributed by atoms with Gasteiger partial charge in [0.15, 0.2) is 5.69 Å². The number of amides is 2. The molecule has 0 unspecified atom stereocenters. The molecule has 2 amide bonds. The van der Waals surface area contributed by atoms with E-state index in [2.05, 4.69) is 10.6 Å². The number of nitrogens with one attached hydrogen (secondary N) is 2. The van der Waals surface area contributed by atoms with Crippen LogP contribution in [0.15, 0.2) is 60.7 Å². The molecule has 1 heterocycles. The van der Waals surface area contributed by atoms with E-state index in [0.717, 1.165) is 37.5 Å². The third kappa shape index (κ3) is 4.45. The summed E-state index contributed by atoms with van der Waals surface area (Å²) >= 11 is 0. The predicted octanol–water partition coefficient (Wildman–Crippen LogP) is 5.08. The first-order valence-electron chi connectivity index (χ1n) is 15.4. The number of hydrogen-bond acceptors (Lipinski definition) is 6. The van der Waals surface area contributed by atoms with Crippen molar-refractivity contribution in [2.24, 2.45) is 23.7 Å². The second-order valence-corrected chi connectivity index (χ2v) is 12.6. The SMILES string of the molecule is CNC(=O)c1ccc(-n2nc(C(=O)NC3(C(=O)O)C4CC5CC(C4)CC3C5)cc2-c2c(OC)cccc2OC)c2ccccc12. The number of carbonyl (C=O) groups excluding carboxylic acids is 2. The molecule has 0 spiro atoms. The zero-order valence-electron chi connectivity index (χ0n) is 25.5. The number of carbonyl (C=O) groups is 3. The number of nitrogens with zero attached hydrogens (tertiary/aromatic N) is 2. The van der Waals surface area contributed by atoms with Crippen LogP contribution < -0.4 is 20.1 Å². The van der Waals surface area contributed by atoms with Gasteiger partial charge in [0.25, 0.3) is 11.8 Å². The summed E-state index contributed by atoms with van der Waals surface area (Å²) in [5, 5.41) is 22.7. The van der Waals surface area contributed by atoms with E-state index in [4.69, 9.17) is 14.6 Å². The van der Waals surface area contributed by atoms with Crippen LogP contribution in [0.3, 0.4) is 0 Å². The second kappa shape index (κ2) is 10.9. The van der Waals surface area contributed by atoms with Crippen LogP contribution in [0.2, 0.25) is 0 Å². The lowest BCUT2D eigenvalue weighted by Gasteiger charge is -2.59. The van der Waals surface area contributed by atoms with Gasteiger partial charge in [-0.25, -0.2) is 9.48 Å². The molecule has 0 saturated heterocycles. The number of rotatable bonds is 8. The van der Waals surface area contributed by atoms with Crippen LogP contribution in [0.4, 0.5) is 0 Å². The van der Waals surface area contributed by atoms with Crippen molar-refractivity contribution in [1.82, 2.24) is 20.4 Å². The van der Waals surface area contributed by atoms with Crippen molar-refractivity contribution in [3.8, 4) is 28.4 Å². The van der Waals surface area contributed by atoms with Gasteiger partial charge in [0, 0.05) is 18.0 Å². The average molecular weight is 609 g/mol. The van der Waals surface area contributed by atoms with E-state index >= 15 is 0 Å². The Balaban J connectivity index is 1.40. The molecule has 1 aromatic heterocycles. The largest absolute Gasteiger partial charge is 0.496 e. The summed E-state index contributed by atoms with van der Waals surface area (Å²) in [6.07, 6.45) is 4.45. The predicted molar refractivity (Wildman–Crippen MR) is 168 cm³/mol. The highest BCUT2D eigenvalue weighted by Gasteiger charge is 2.62. The van der Waals surface area contributed by atoms with Crippen molar-refractivity contribution in [3.63, 3.8) is 0 Å². The summed E-state index contributed by atoms with van der Waals surface area (Å²) in [5.41, 5.74) is 0.981. The fourth-order valence-corrected chi connectivity index (χ4v) is 8.54. The summed E-state index contributed by atoms with van der Waals surface area (Å²) in [6, 6.07) is 18.1. The molecule has 0 aliphatic heterocycles. The Morgan fingerprint density at radius 1 is 0.844 bits per heavy atom. The number of fused-ring (bicyclic) bond motifs is 1. The molecule has 232 valence electrons. The summed E-state index contributed by atoms with van der Waals surface area (Å²) in [6.45, 7) is 0. The monoisotopic (exact) mass is 608 g/mol. The number of hydrogen-bond donors (Lipinski definition) is 3. The van der Waals surface area contributed by atoms with Crippen molar-refractivity contribution in [3.05, 3.63) is 71.9 Å². The Hall–Kier alpha value is -4.86. The Morgan fingerprint density at radius 2 is 1.47 bits per heavy atom. The molecule has 3 aromatic carbocycles. The number of benzene rings is 3. The van der Waals surface area contributed by atoms with Gasteiger partial charge in [-0.2, -0.15) is 5.10 Å². The van der Waals surface area contributed by atoms with Crippen LogP contribution in [-0.4, -0.2) is 59.5 Å². The molecule has 0 atom stereocenters. The fourth-order valence-electron chi connectivity index (χ4n) is 8.54. The lowest BCUT2D eigenvalue weighted by molar-refractivity contribution is -0.163. The maximum atomic E-state index is 14.2. The van der Waals surface area contributed by atoms with Crippen molar-refractivity contribution in [2.45, 2.75) is 37.6 Å². The Labute approximate surface area is 260 Å². The molecule has 4 bridgehead atoms. The first-order valence-corrected chi connectivity index (χ1v) is 15.4. The van der Waals surface area contributed by atoms with Gasteiger partial charge in [-0.15, -0.1) is 0 Å². The second-order valence-electron chi connectivity index (χ2n) is 12.6. The highest BCUT2D eigenvalue weighted by molar-refractivity contribution is 6.09. The molecule has 3 N–H and O–H groups in total. The molecule has 4 aromatic rings. The average Bonchev–Trinajstić information content (AvgIpc) is 3.49. The van der Waals surface area contributed by atoms with E-state index in [9.17, 15) is 19.5 Å². The van der Waals surface area contributed by atoms with Crippen LogP contribution >= 0.6 is 0 Å². The normalized spacial score (nSPS) is 24.8. The summed E-state index contributed by atoms with van der Waals surface area (Å²) < 4.78 is 13.1. The standard InChI is InChI=1S/C35H36N4O6/c1-36-32(40)25-11-12-27(24-8-5-4-7-23(24)25)39-28(31-29(44-2)9-6-10-30(31)45-3)18-26(38-39)33(41)37-35(34(42)43)21-14-19-13-20(16-21)17-22(35)15-19/h4-12,18-22H,13-17H2,1-3H3,(H,36,40)(H,37,41)(H,42,43). The van der Waals surface area contributed by atoms with Crippen molar-refractivity contribution in [1.29, 1.82) is 0 Å². The molecule has 4 aliphatic carbocycles. The Kier molecular flexibility index (Phi) is 7.02. The molecule has 10 heteroatoms. The smallest absolute Gasteiger partial charge is 0.330 e. The van der Waals surface area contributed by atoms with E-state index in [-0.39, 0.29) is 23.4 Å². The van der Waals surface area contributed by atoms with Gasteiger partial charge in [0.05, 0.1) is 31.2 Å². The summed E-state index contributed by atoms with van der Waals surface area (Å²) in [5.74, 6) is 0.155. The van der Waals surface area contributed by atoms with E-state index in [1.807, 2.05) is 30.3 Å². The quantitative estimate of drug-likeness (QED) is 0.254. The molecule has 45 heavy (non-hydrogen) atoms. The number of aliphatic carboxylic acids is 1. The van der Waals surface area contributed by atoms with Crippen molar-refractivity contribution >= 4 is 28.6 Å². The minimum Gasteiger partial charge on any atom is -0.496 e. The third-order valence-corrected chi connectivity index (χ3v) is 10.3. The Bertz CT molecular complexity index is 1790. The highest BCUT2D eigenvalue weighted by Crippen LogP contribution is 2.58. The van der Waals surface area contributed by atoms with E-state index in [1.54, 1.807) is 56.3 Å². The maximum absolute atomic E-state index is 14.2. The maximum Gasteiger partial charge on any atom is 0.330 e. The van der Waals surface area contributed by atoms with E-state index < -0.39 is 17.4 Å². The van der Waals surface area contributed by atoms with Crippen LogP contribution in [0.5, 0.6) is 11.5 Å². The summed E-state index contributed by atoms with van der Waals surface area (Å²) in [7, 11) is 4.70. The lowest BCUT2D eigenvalue weighted by atomic mass is 9.48. The van der Waals surface area contributed by atoms with Crippen LogP contribution in [-0.2, 0) is 4.79 Å². The number of methoxy groups -OCH3 is 2. The molecule has 8 rings (SSSR count). The van der Waals surface area contributed by atoms with Gasteiger partial charge in [-0.05, 0) is 91.5 Å². The third-order valence-electron chi connectivity index (χ3n) is 10.3. The zero-order chi connectivity index (χ0) is 31.5. The van der Waals surface area contributed by atoms with Crippen LogP contribution in [0, 0.1) is 23.7 Å². The molecular formula is C35H36N4O6. The number of aromatic nitrogens is 2. The van der Waals surface area contributed by atoms with Crippen LogP contribution in [0.1, 0.15) is 53.0 Å². The van der Waals surface area contributed by atoms with Crippen molar-refractivity contribution < 1.29 is 29.0 Å². The molecule has 4 saturated carbocycles. The van der Waals surface area contributed by atoms with Gasteiger partial charge in [0.2, 0.25) is 0 Å². The number of ether oxygens (including phenoxy) is 2. The van der Waals surface area contributed by atoms with Crippen LogP contribution in [0.25, 0.3) is 27.7 Å². The first kappa shape index (κ1) is 28.9. The van der Waals surface area contributed by atoms with Gasteiger partial charge in [-0.1, -0.05) is 30.3 Å². The highest BCUT2D eigenvalue weighted by atomic mass is 16.5. The number of carboxylic acids is 1. The van der Waals surface area contributed by atoms with Gasteiger partial charge >= 0.3 is 5.97 Å².